The number of likely N-dealkylation sites (tertiary alicyclic amines) is 1. The van der Waals surface area contributed by atoms with E-state index >= 15 is 0 Å². The van der Waals surface area contributed by atoms with Crippen LogP contribution in [0.15, 0.2) is 60.7 Å². The fourth-order valence-corrected chi connectivity index (χ4v) is 7.98. The Morgan fingerprint density at radius 3 is 2.23 bits per heavy atom. The lowest BCUT2D eigenvalue weighted by Gasteiger charge is -2.34. The first-order valence-electron chi connectivity index (χ1n) is 21.5. The minimum Gasteiger partial charge on any atom is -0.492 e. The van der Waals surface area contributed by atoms with Gasteiger partial charge in [-0.05, 0) is 91.7 Å². The van der Waals surface area contributed by atoms with E-state index in [-0.39, 0.29) is 70.6 Å². The normalized spacial score (nSPS) is 20.0. The summed E-state index contributed by atoms with van der Waals surface area (Å²) >= 11 is 0. The highest BCUT2D eigenvalue weighted by Crippen LogP contribution is 2.40. The molecule has 0 saturated carbocycles. The number of nitrogens with one attached hydrogen (secondary N) is 3. The molecule has 16 nitrogen and oxygen atoms in total. The SMILES string of the molecule is CCCCCCc1ccc(C(=O)N2C[C@@H](CN)C[C@H]2C(=O)N(C)[C@@H]2C(=O)N[C@@H](C)C(=O)N[C@H](C(=O)NCC#N)Cc3ccc(OCCN)c(c3)-c3cc2ccc3OCCN)cc1. The van der Waals surface area contributed by atoms with Crippen LogP contribution < -0.4 is 42.6 Å². The van der Waals surface area contributed by atoms with E-state index in [1.807, 2.05) is 18.2 Å². The average Bonchev–Trinajstić information content (AvgIpc) is 3.72. The second-order valence-corrected chi connectivity index (χ2v) is 15.9. The number of aryl methyl sites for hydroxylation is 1. The molecule has 0 aromatic heterocycles. The number of carbonyl (C=O) groups is 5. The van der Waals surface area contributed by atoms with Crippen molar-refractivity contribution in [1.29, 1.82) is 5.26 Å². The molecule has 0 unspecified atom stereocenters. The van der Waals surface area contributed by atoms with Gasteiger partial charge in [-0.25, -0.2) is 0 Å². The largest absolute Gasteiger partial charge is 0.492 e. The Kier molecular flexibility index (Phi) is 17.2. The van der Waals surface area contributed by atoms with Crippen LogP contribution in [-0.4, -0.2) is 110 Å². The summed E-state index contributed by atoms with van der Waals surface area (Å²) in [5, 5.41) is 17.2. The van der Waals surface area contributed by atoms with E-state index in [9.17, 15) is 24.0 Å². The first kappa shape index (κ1) is 47.0. The zero-order chi connectivity index (χ0) is 44.8. The number of amides is 5. The second-order valence-electron chi connectivity index (χ2n) is 15.9. The van der Waals surface area contributed by atoms with E-state index in [0.29, 0.717) is 39.3 Å². The minimum absolute atomic E-state index is 0.0238. The molecule has 1 saturated heterocycles. The molecule has 5 atom stereocenters. The van der Waals surface area contributed by atoms with Crippen molar-refractivity contribution in [2.45, 2.75) is 83.0 Å². The Bertz CT molecular complexity index is 2090. The third-order valence-electron chi connectivity index (χ3n) is 11.3. The number of carbonyl (C=O) groups excluding carboxylic acids is 5. The lowest BCUT2D eigenvalue weighted by atomic mass is 9.93. The molecule has 5 rings (SSSR count). The van der Waals surface area contributed by atoms with Crippen LogP contribution in [0.3, 0.4) is 0 Å². The van der Waals surface area contributed by atoms with Gasteiger partial charge in [0.15, 0.2) is 0 Å². The van der Waals surface area contributed by atoms with Gasteiger partial charge in [0.05, 0.1) is 6.07 Å². The number of benzene rings is 3. The summed E-state index contributed by atoms with van der Waals surface area (Å²) in [4.78, 5) is 73.6. The summed E-state index contributed by atoms with van der Waals surface area (Å²) in [5.41, 5.74) is 21.4. The molecule has 0 spiro atoms. The van der Waals surface area contributed by atoms with Gasteiger partial charge in [0.25, 0.3) is 5.91 Å². The van der Waals surface area contributed by atoms with Crippen molar-refractivity contribution in [2.24, 2.45) is 23.1 Å². The lowest BCUT2D eigenvalue weighted by molar-refractivity contribution is -0.143. The van der Waals surface area contributed by atoms with E-state index in [4.69, 9.17) is 31.9 Å². The number of likely N-dealkylation sites (N-methyl/N-ethyl adjacent to an activating group) is 1. The summed E-state index contributed by atoms with van der Waals surface area (Å²) in [6.45, 7) is 4.62. The maximum atomic E-state index is 14.9. The molecule has 5 amide bonds. The Labute approximate surface area is 363 Å². The lowest BCUT2D eigenvalue weighted by Crippen LogP contribution is -2.55. The predicted octanol–water partition coefficient (Wildman–Crippen LogP) is 2.33. The van der Waals surface area contributed by atoms with E-state index in [2.05, 4.69) is 22.9 Å². The monoisotopic (exact) mass is 851 g/mol. The molecule has 0 radical (unpaired) electrons. The highest BCUT2D eigenvalue weighted by Gasteiger charge is 2.43. The van der Waals surface area contributed by atoms with Crippen molar-refractivity contribution in [2.75, 3.05) is 53.0 Å². The van der Waals surface area contributed by atoms with E-state index in [1.165, 1.54) is 25.3 Å². The van der Waals surface area contributed by atoms with Crippen LogP contribution in [0.2, 0.25) is 0 Å². The van der Waals surface area contributed by atoms with Crippen LogP contribution in [0, 0.1) is 17.2 Å². The summed E-state index contributed by atoms with van der Waals surface area (Å²) in [6, 6.07) is 15.2. The molecule has 3 aromatic carbocycles. The molecule has 0 aliphatic carbocycles. The van der Waals surface area contributed by atoms with Gasteiger partial charge in [-0.3, -0.25) is 24.0 Å². The number of rotatable bonds is 17. The van der Waals surface area contributed by atoms with Crippen LogP contribution in [-0.2, 0) is 32.0 Å². The molecule has 9 N–H and O–H groups in total. The van der Waals surface area contributed by atoms with E-state index in [0.717, 1.165) is 31.2 Å². The Morgan fingerprint density at radius 2 is 1.58 bits per heavy atom. The third kappa shape index (κ3) is 11.7. The smallest absolute Gasteiger partial charge is 0.254 e. The number of nitriles is 1. The molecule has 2 aliphatic heterocycles. The summed E-state index contributed by atoms with van der Waals surface area (Å²) in [6.07, 6.45) is 5.75. The summed E-state index contributed by atoms with van der Waals surface area (Å²) in [5.74, 6) is -2.10. The number of nitrogens with zero attached hydrogens (tertiary/aromatic N) is 3. The number of ether oxygens (including phenoxy) is 2. The second kappa shape index (κ2) is 22.7. The molecular weight excluding hydrogens is 791 g/mol. The van der Waals surface area contributed by atoms with Gasteiger partial charge in [-0.2, -0.15) is 5.26 Å². The number of fused-ring (bicyclic) bond motifs is 5. The average molecular weight is 852 g/mol. The fourth-order valence-electron chi connectivity index (χ4n) is 7.98. The Morgan fingerprint density at radius 1 is 0.903 bits per heavy atom. The van der Waals surface area contributed by atoms with Gasteiger partial charge >= 0.3 is 0 Å². The standard InChI is InChI=1S/C46H61N9O7/c1-4-5-6-7-8-30-9-12-33(13-10-30)45(59)55-28-32(27-50)25-38(55)46(60)54(3)41-34-14-16-40(62-22-19-49)36(26-34)35-23-31(11-15-39(35)61-21-18-48)24-37(43(57)51-20-17-47)53-42(56)29(2)52-44(41)58/h9-16,23,26,29,32,37-38,41H,4-8,18-22,24-25,27-28,48-50H2,1-3H3,(H,51,57)(H,52,58)(H,53,56)/t29-,32+,37-,38-,41-/m0/s1. The van der Waals surface area contributed by atoms with Gasteiger partial charge in [-0.1, -0.05) is 50.5 Å². The number of unbranched alkanes of at least 4 members (excludes halogenated alkanes) is 3. The molecule has 332 valence electrons. The van der Waals surface area contributed by atoms with Crippen LogP contribution in [0.5, 0.6) is 11.5 Å². The maximum absolute atomic E-state index is 14.9. The molecule has 4 bridgehead atoms. The van der Waals surface area contributed by atoms with Gasteiger partial charge in [0, 0.05) is 49.8 Å². The van der Waals surface area contributed by atoms with Crippen molar-refractivity contribution < 1.29 is 33.4 Å². The molecule has 16 heteroatoms. The summed E-state index contributed by atoms with van der Waals surface area (Å²) < 4.78 is 12.2. The number of hydrogen-bond donors (Lipinski definition) is 6. The van der Waals surface area contributed by atoms with Gasteiger partial charge in [-0.15, -0.1) is 0 Å². The van der Waals surface area contributed by atoms with Crippen molar-refractivity contribution in [3.8, 4) is 28.7 Å². The third-order valence-corrected chi connectivity index (χ3v) is 11.3. The molecule has 2 aliphatic rings. The fraction of sp³-hybridized carbons (Fsp3) is 0.478. The van der Waals surface area contributed by atoms with Gasteiger partial charge in [0.2, 0.25) is 23.6 Å². The zero-order valence-electron chi connectivity index (χ0n) is 36.0. The van der Waals surface area contributed by atoms with Crippen molar-refractivity contribution in [1.82, 2.24) is 25.8 Å². The predicted molar refractivity (Wildman–Crippen MR) is 235 cm³/mol. The molecule has 3 aromatic rings. The minimum atomic E-state index is -1.32. The molecular formula is C46H61N9O7. The molecule has 62 heavy (non-hydrogen) atoms. The summed E-state index contributed by atoms with van der Waals surface area (Å²) in [7, 11) is 1.50. The van der Waals surface area contributed by atoms with Crippen LogP contribution in [0.4, 0.5) is 0 Å². The number of nitrogens with two attached hydrogens (primary N) is 3. The highest BCUT2D eigenvalue weighted by atomic mass is 16.5. The number of hydrogen-bond acceptors (Lipinski definition) is 11. The Hall–Kier alpha value is -6.02. The van der Waals surface area contributed by atoms with Gasteiger partial charge in [0.1, 0.15) is 55.4 Å². The highest BCUT2D eigenvalue weighted by molar-refractivity contribution is 6.00. The van der Waals surface area contributed by atoms with Crippen LogP contribution >= 0.6 is 0 Å². The maximum Gasteiger partial charge on any atom is 0.254 e. The molecule has 2 heterocycles. The quantitative estimate of drug-likeness (QED) is 0.0850. The first-order chi connectivity index (χ1) is 29.9. The molecule has 1 fully saturated rings. The van der Waals surface area contributed by atoms with E-state index < -0.39 is 47.8 Å². The van der Waals surface area contributed by atoms with Gasteiger partial charge < -0.3 is 52.4 Å². The van der Waals surface area contributed by atoms with Crippen molar-refractivity contribution >= 4 is 29.5 Å². The Balaban J connectivity index is 1.58. The van der Waals surface area contributed by atoms with Crippen molar-refractivity contribution in [3.63, 3.8) is 0 Å². The zero-order valence-corrected chi connectivity index (χ0v) is 36.0. The van der Waals surface area contributed by atoms with Crippen LogP contribution in [0.1, 0.15) is 79.0 Å². The first-order valence-corrected chi connectivity index (χ1v) is 21.5. The van der Waals surface area contributed by atoms with Crippen molar-refractivity contribution in [3.05, 3.63) is 82.9 Å². The van der Waals surface area contributed by atoms with Crippen LogP contribution in [0.25, 0.3) is 11.1 Å². The van der Waals surface area contributed by atoms with E-state index in [1.54, 1.807) is 53.4 Å². The topological polar surface area (TPSA) is 248 Å².